The average Bonchev–Trinajstić information content (AvgIpc) is 2.94. The summed E-state index contributed by atoms with van der Waals surface area (Å²) in [7, 11) is 0. The van der Waals surface area contributed by atoms with E-state index in [1.807, 2.05) is 61.2 Å². The van der Waals surface area contributed by atoms with Crippen LogP contribution in [0.5, 0.6) is 11.5 Å². The second-order valence-electron chi connectivity index (χ2n) is 6.46. The van der Waals surface area contributed by atoms with E-state index in [0.29, 0.717) is 24.7 Å². The van der Waals surface area contributed by atoms with Crippen molar-refractivity contribution in [2.75, 3.05) is 26.3 Å². The molecule has 144 valence electrons. The summed E-state index contributed by atoms with van der Waals surface area (Å²) in [6, 6.07) is 13.6. The summed E-state index contributed by atoms with van der Waals surface area (Å²) in [5.41, 5.74) is 1.39. The van der Waals surface area contributed by atoms with Gasteiger partial charge >= 0.3 is 0 Å². The van der Waals surface area contributed by atoms with Crippen molar-refractivity contribution >= 4 is 18.2 Å². The Morgan fingerprint density at radius 3 is 2.59 bits per heavy atom. The van der Waals surface area contributed by atoms with E-state index < -0.39 is 5.72 Å². The number of rotatable bonds is 5. The van der Waals surface area contributed by atoms with E-state index in [0.717, 1.165) is 42.0 Å². The van der Waals surface area contributed by atoms with Gasteiger partial charge in [0.05, 0.1) is 13.2 Å². The highest BCUT2D eigenvalue weighted by molar-refractivity contribution is 6.04. The van der Waals surface area contributed by atoms with E-state index in [9.17, 15) is 5.11 Å². The molecule has 0 saturated carbocycles. The predicted molar refractivity (Wildman–Crippen MR) is 108 cm³/mol. The third kappa shape index (κ3) is 3.05. The van der Waals surface area contributed by atoms with Gasteiger partial charge in [-0.15, -0.1) is 12.4 Å². The highest BCUT2D eigenvalue weighted by Crippen LogP contribution is 2.45. The molecule has 0 aliphatic carbocycles. The molecule has 0 aromatic heterocycles. The van der Waals surface area contributed by atoms with Gasteiger partial charge in [0.25, 0.3) is 0 Å². The number of hydrogen-bond donors (Lipinski definition) is 1. The van der Waals surface area contributed by atoms with Crippen molar-refractivity contribution in [2.24, 2.45) is 4.99 Å². The summed E-state index contributed by atoms with van der Waals surface area (Å²) >= 11 is 0. The van der Waals surface area contributed by atoms with E-state index in [4.69, 9.17) is 9.47 Å². The Kier molecular flexibility index (Phi) is 5.63. The van der Waals surface area contributed by atoms with Crippen LogP contribution >= 0.6 is 12.4 Å². The minimum atomic E-state index is -1.24. The Labute approximate surface area is 166 Å². The molecule has 2 aliphatic heterocycles. The third-order valence-corrected chi connectivity index (χ3v) is 4.94. The average molecular weight is 389 g/mol. The molecule has 0 radical (unpaired) electrons. The van der Waals surface area contributed by atoms with Gasteiger partial charge < -0.3 is 19.5 Å². The molecule has 0 amide bonds. The Morgan fingerprint density at radius 2 is 1.81 bits per heavy atom. The summed E-state index contributed by atoms with van der Waals surface area (Å²) in [6.45, 7) is 6.55. The van der Waals surface area contributed by atoms with Gasteiger partial charge in [0.15, 0.2) is 17.2 Å². The number of fused-ring (bicyclic) bond motifs is 3. The number of hydrogen-bond acceptors (Lipinski definition) is 5. The minimum absolute atomic E-state index is 0. The molecule has 2 heterocycles. The first-order valence-corrected chi connectivity index (χ1v) is 9.24. The van der Waals surface area contributed by atoms with Crippen LogP contribution in [0.15, 0.2) is 47.5 Å². The molecule has 0 spiro atoms. The lowest BCUT2D eigenvalue weighted by Gasteiger charge is -2.38. The van der Waals surface area contributed by atoms with E-state index in [2.05, 4.69) is 4.99 Å². The summed E-state index contributed by atoms with van der Waals surface area (Å²) < 4.78 is 11.4. The van der Waals surface area contributed by atoms with Crippen molar-refractivity contribution in [1.82, 2.24) is 4.90 Å². The van der Waals surface area contributed by atoms with Crippen LogP contribution in [-0.2, 0) is 5.72 Å². The van der Waals surface area contributed by atoms with Crippen molar-refractivity contribution < 1.29 is 14.6 Å². The summed E-state index contributed by atoms with van der Waals surface area (Å²) in [4.78, 5) is 6.69. The Morgan fingerprint density at radius 1 is 1.07 bits per heavy atom. The zero-order valence-electron chi connectivity index (χ0n) is 15.6. The minimum Gasteiger partial charge on any atom is -0.490 e. The lowest BCUT2D eigenvalue weighted by molar-refractivity contribution is -0.0319. The van der Waals surface area contributed by atoms with E-state index in [1.165, 1.54) is 0 Å². The van der Waals surface area contributed by atoms with Crippen molar-refractivity contribution in [2.45, 2.75) is 26.0 Å². The fourth-order valence-corrected chi connectivity index (χ4v) is 3.86. The number of halogens is 1. The molecule has 2 aromatic rings. The van der Waals surface area contributed by atoms with E-state index in [-0.39, 0.29) is 12.4 Å². The van der Waals surface area contributed by atoms with Crippen LogP contribution in [0, 0.1) is 0 Å². The van der Waals surface area contributed by atoms with Crippen LogP contribution < -0.4 is 9.47 Å². The molecule has 0 saturated heterocycles. The number of benzene rings is 2. The van der Waals surface area contributed by atoms with Crippen molar-refractivity contribution in [3.63, 3.8) is 0 Å². The Balaban J connectivity index is 0.00000210. The van der Waals surface area contributed by atoms with Crippen LogP contribution in [0.25, 0.3) is 0 Å². The molecule has 5 nitrogen and oxygen atoms in total. The summed E-state index contributed by atoms with van der Waals surface area (Å²) in [5.74, 6) is 2.22. The number of nitrogens with zero attached hydrogens (tertiary/aromatic N) is 2. The van der Waals surface area contributed by atoms with Crippen molar-refractivity contribution in [1.29, 1.82) is 0 Å². The fourth-order valence-electron chi connectivity index (χ4n) is 3.86. The molecular weight excluding hydrogens is 364 g/mol. The summed E-state index contributed by atoms with van der Waals surface area (Å²) in [5, 5.41) is 11.9. The molecular formula is C21H25ClN2O3. The first-order valence-electron chi connectivity index (χ1n) is 9.24. The normalized spacial score (nSPS) is 20.3. The van der Waals surface area contributed by atoms with Crippen LogP contribution in [0.1, 0.15) is 37.0 Å². The highest BCUT2D eigenvalue weighted by Gasteiger charge is 2.49. The Hall–Kier alpha value is -2.24. The number of amidine groups is 1. The zero-order valence-corrected chi connectivity index (χ0v) is 16.5. The second-order valence-corrected chi connectivity index (χ2v) is 6.46. The zero-order chi connectivity index (χ0) is 18.1. The molecule has 2 aromatic carbocycles. The lowest BCUT2D eigenvalue weighted by Crippen LogP contribution is -2.47. The maximum Gasteiger partial charge on any atom is 0.193 e. The van der Waals surface area contributed by atoms with Gasteiger partial charge in [-0.25, -0.2) is 0 Å². The Bertz CT molecular complexity index is 855. The van der Waals surface area contributed by atoms with Crippen LogP contribution in [0.2, 0.25) is 0 Å². The maximum absolute atomic E-state index is 11.9. The van der Waals surface area contributed by atoms with Gasteiger partial charge in [-0.3, -0.25) is 4.99 Å². The monoisotopic (exact) mass is 388 g/mol. The van der Waals surface area contributed by atoms with Crippen LogP contribution in [0.4, 0.5) is 0 Å². The molecule has 1 unspecified atom stereocenters. The van der Waals surface area contributed by atoms with Gasteiger partial charge in [0.1, 0.15) is 5.84 Å². The lowest BCUT2D eigenvalue weighted by atomic mass is 9.93. The molecule has 27 heavy (non-hydrogen) atoms. The topological polar surface area (TPSA) is 54.3 Å². The molecule has 6 heteroatoms. The predicted octanol–water partition coefficient (Wildman–Crippen LogP) is 3.57. The first kappa shape index (κ1) is 19.5. The summed E-state index contributed by atoms with van der Waals surface area (Å²) in [6.07, 6.45) is 0.926. The van der Waals surface area contributed by atoms with Crippen molar-refractivity contribution in [3.05, 3.63) is 59.2 Å². The van der Waals surface area contributed by atoms with Gasteiger partial charge in [-0.2, -0.15) is 0 Å². The quantitative estimate of drug-likeness (QED) is 0.850. The van der Waals surface area contributed by atoms with Crippen molar-refractivity contribution in [3.8, 4) is 11.5 Å². The molecule has 4 rings (SSSR count). The number of aliphatic hydroxyl groups is 1. The number of ether oxygens (including phenoxy) is 2. The smallest absolute Gasteiger partial charge is 0.193 e. The van der Waals surface area contributed by atoms with E-state index in [1.54, 1.807) is 0 Å². The largest absolute Gasteiger partial charge is 0.490 e. The molecule has 0 fully saturated rings. The maximum atomic E-state index is 11.9. The highest BCUT2D eigenvalue weighted by atomic mass is 35.5. The van der Waals surface area contributed by atoms with Gasteiger partial charge in [-0.1, -0.05) is 24.3 Å². The van der Waals surface area contributed by atoms with E-state index >= 15 is 0 Å². The standard InChI is InChI=1S/C21H24N2O3.ClH/c1-3-25-18-11-10-15(14-19(18)26-4-2)21(24)17-9-6-5-8-16(17)20-22-12-7-13-23(20)21;/h5-6,8-11,14,24H,3-4,7,12-13H2,1-2H3;1H. The molecule has 1 atom stereocenters. The fraction of sp³-hybridized carbons (Fsp3) is 0.381. The SMILES string of the molecule is CCOc1ccc(C2(O)c3ccccc3C3=NCCCN32)cc1OCC.Cl. The first-order chi connectivity index (χ1) is 12.7. The third-order valence-electron chi connectivity index (χ3n) is 4.94. The number of aliphatic imine (C=N–C) groups is 1. The molecule has 2 aliphatic rings. The van der Waals surface area contributed by atoms with Gasteiger partial charge in [0.2, 0.25) is 0 Å². The van der Waals surface area contributed by atoms with Gasteiger partial charge in [-0.05, 0) is 38.5 Å². The molecule has 1 N–H and O–H groups in total. The van der Waals surface area contributed by atoms with Gasteiger partial charge in [0, 0.05) is 29.8 Å². The second kappa shape index (κ2) is 7.79. The van der Waals surface area contributed by atoms with Crippen LogP contribution in [0.3, 0.4) is 0 Å². The molecule has 0 bridgehead atoms. The van der Waals surface area contributed by atoms with Crippen LogP contribution in [-0.4, -0.2) is 42.1 Å².